The molecule has 0 bridgehead atoms. The van der Waals surface area contributed by atoms with Crippen molar-refractivity contribution in [2.45, 2.75) is 19.8 Å². The molecular weight excluding hydrogens is 389 g/mol. The second-order valence-corrected chi connectivity index (χ2v) is 6.29. The van der Waals surface area contributed by atoms with E-state index in [0.717, 1.165) is 5.75 Å². The molecule has 0 aliphatic rings. The fourth-order valence-electron chi connectivity index (χ4n) is 2.08. The molecule has 6 nitrogen and oxygen atoms in total. The van der Waals surface area contributed by atoms with Gasteiger partial charge in [-0.3, -0.25) is 9.59 Å². The molecule has 142 valence electrons. The summed E-state index contributed by atoms with van der Waals surface area (Å²) in [6.07, 6.45) is 1.50. The number of hydrogen-bond donors (Lipinski definition) is 2. The summed E-state index contributed by atoms with van der Waals surface area (Å²) in [5.74, 6) is 0.102. The molecule has 0 fully saturated rings. The smallest absolute Gasteiger partial charge is 0.240 e. The summed E-state index contributed by atoms with van der Waals surface area (Å²) in [6.45, 7) is 2.48. The normalized spacial score (nSPS) is 10.6. The van der Waals surface area contributed by atoms with Crippen LogP contribution in [-0.2, 0) is 9.59 Å². The Labute approximate surface area is 167 Å². The van der Waals surface area contributed by atoms with Gasteiger partial charge in [0.15, 0.2) is 0 Å². The lowest BCUT2D eigenvalue weighted by molar-refractivity contribution is -0.124. The third kappa shape index (κ3) is 7.29. The van der Waals surface area contributed by atoms with Gasteiger partial charge in [-0.1, -0.05) is 29.3 Å². The summed E-state index contributed by atoms with van der Waals surface area (Å²) < 4.78 is 5.33. The van der Waals surface area contributed by atoms with Crippen LogP contribution in [-0.4, -0.2) is 24.6 Å². The number of hydrogen-bond acceptors (Lipinski definition) is 4. The van der Waals surface area contributed by atoms with Crippen molar-refractivity contribution in [2.75, 3.05) is 11.9 Å². The van der Waals surface area contributed by atoms with Crippen molar-refractivity contribution in [3.05, 3.63) is 58.1 Å². The van der Waals surface area contributed by atoms with E-state index in [9.17, 15) is 9.59 Å². The van der Waals surface area contributed by atoms with E-state index < -0.39 is 0 Å². The zero-order valence-electron chi connectivity index (χ0n) is 14.7. The van der Waals surface area contributed by atoms with E-state index in [1.165, 1.54) is 6.21 Å². The summed E-state index contributed by atoms with van der Waals surface area (Å²) in [5.41, 5.74) is 3.70. The third-order valence-corrected chi connectivity index (χ3v) is 4.11. The average Bonchev–Trinajstić information content (AvgIpc) is 2.65. The molecule has 2 aromatic carbocycles. The van der Waals surface area contributed by atoms with E-state index in [4.69, 9.17) is 27.9 Å². The molecule has 0 saturated carbocycles. The highest BCUT2D eigenvalue weighted by molar-refractivity contribution is 6.42. The van der Waals surface area contributed by atoms with Crippen LogP contribution < -0.4 is 15.5 Å². The van der Waals surface area contributed by atoms with Gasteiger partial charge in [0.1, 0.15) is 5.75 Å². The zero-order chi connectivity index (χ0) is 19.6. The summed E-state index contributed by atoms with van der Waals surface area (Å²) in [7, 11) is 0. The first-order chi connectivity index (χ1) is 13.0. The molecule has 2 amide bonds. The predicted octanol–water partition coefficient (Wildman–Crippen LogP) is 4.26. The first-order valence-electron chi connectivity index (χ1n) is 8.27. The van der Waals surface area contributed by atoms with Gasteiger partial charge >= 0.3 is 0 Å². The summed E-state index contributed by atoms with van der Waals surface area (Å²) in [5, 5.41) is 7.39. The van der Waals surface area contributed by atoms with Crippen molar-refractivity contribution < 1.29 is 14.3 Å². The Morgan fingerprint density at radius 3 is 2.41 bits per heavy atom. The molecule has 0 heterocycles. The highest BCUT2D eigenvalue weighted by atomic mass is 35.5. The maximum absolute atomic E-state index is 11.9. The summed E-state index contributed by atoms with van der Waals surface area (Å²) in [6, 6.07) is 12.0. The van der Waals surface area contributed by atoms with Crippen molar-refractivity contribution in [3.63, 3.8) is 0 Å². The minimum absolute atomic E-state index is 0.0155. The van der Waals surface area contributed by atoms with Crippen LogP contribution in [0.1, 0.15) is 25.3 Å². The topological polar surface area (TPSA) is 79.8 Å². The largest absolute Gasteiger partial charge is 0.494 e. The van der Waals surface area contributed by atoms with Gasteiger partial charge in [-0.25, -0.2) is 5.43 Å². The molecule has 8 heteroatoms. The standard InChI is InChI=1S/C19H19Cl2N3O3/c1-2-27-15-6-4-14(5-7-15)23-18(25)9-10-19(26)24-22-12-13-3-8-16(20)17(21)11-13/h3-8,11-12H,2,9-10H2,1H3,(H,23,25)(H,24,26)/b22-12-. The first kappa shape index (κ1) is 20.7. The van der Waals surface area contributed by atoms with Crippen molar-refractivity contribution in [2.24, 2.45) is 5.10 Å². The lowest BCUT2D eigenvalue weighted by atomic mass is 10.2. The van der Waals surface area contributed by atoms with Gasteiger partial charge in [0, 0.05) is 18.5 Å². The Morgan fingerprint density at radius 2 is 1.74 bits per heavy atom. The SMILES string of the molecule is CCOc1ccc(NC(=O)CCC(=O)N/N=C\c2ccc(Cl)c(Cl)c2)cc1. The quantitative estimate of drug-likeness (QED) is 0.506. The molecule has 2 N–H and O–H groups in total. The Kier molecular flexibility index (Phi) is 8.10. The number of ether oxygens (including phenoxy) is 1. The maximum atomic E-state index is 11.9. The number of nitrogens with zero attached hydrogens (tertiary/aromatic N) is 1. The van der Waals surface area contributed by atoms with Gasteiger partial charge in [0.2, 0.25) is 11.8 Å². The van der Waals surface area contributed by atoms with Crippen molar-refractivity contribution in [1.29, 1.82) is 0 Å². The number of anilines is 1. The first-order valence-corrected chi connectivity index (χ1v) is 9.03. The molecule has 0 aromatic heterocycles. The zero-order valence-corrected chi connectivity index (χ0v) is 16.2. The van der Waals surface area contributed by atoms with Crippen LogP contribution in [0, 0.1) is 0 Å². The van der Waals surface area contributed by atoms with Crippen LogP contribution in [0.3, 0.4) is 0 Å². The molecule has 0 spiro atoms. The van der Waals surface area contributed by atoms with E-state index in [2.05, 4.69) is 15.8 Å². The average molecular weight is 408 g/mol. The second-order valence-electron chi connectivity index (χ2n) is 5.47. The van der Waals surface area contributed by atoms with Crippen molar-refractivity contribution in [3.8, 4) is 5.75 Å². The number of rotatable bonds is 8. The lowest BCUT2D eigenvalue weighted by Crippen LogP contribution is -2.20. The van der Waals surface area contributed by atoms with Crippen LogP contribution in [0.15, 0.2) is 47.6 Å². The molecular formula is C19H19Cl2N3O3. The Balaban J connectivity index is 1.73. The minimum atomic E-state index is -0.367. The van der Waals surface area contributed by atoms with Gasteiger partial charge in [-0.2, -0.15) is 5.10 Å². The lowest BCUT2D eigenvalue weighted by Gasteiger charge is -2.07. The summed E-state index contributed by atoms with van der Waals surface area (Å²) >= 11 is 11.7. The molecule has 0 aliphatic carbocycles. The van der Waals surface area contributed by atoms with Gasteiger partial charge in [0.05, 0.1) is 22.9 Å². The Morgan fingerprint density at radius 1 is 1.04 bits per heavy atom. The van der Waals surface area contributed by atoms with Gasteiger partial charge in [-0.05, 0) is 48.9 Å². The van der Waals surface area contributed by atoms with Crippen LogP contribution in [0.4, 0.5) is 5.69 Å². The molecule has 2 rings (SSSR count). The number of amides is 2. The molecule has 0 radical (unpaired) electrons. The maximum Gasteiger partial charge on any atom is 0.240 e. The van der Waals surface area contributed by atoms with E-state index in [1.807, 2.05) is 6.92 Å². The monoisotopic (exact) mass is 407 g/mol. The number of carbonyl (C=O) groups excluding carboxylic acids is 2. The third-order valence-electron chi connectivity index (χ3n) is 3.37. The Bertz CT molecular complexity index is 823. The fraction of sp³-hybridized carbons (Fsp3) is 0.211. The van der Waals surface area contributed by atoms with Crippen molar-refractivity contribution >= 4 is 46.9 Å². The fourth-order valence-corrected chi connectivity index (χ4v) is 2.39. The van der Waals surface area contributed by atoms with E-state index in [-0.39, 0.29) is 24.7 Å². The second kappa shape index (κ2) is 10.5. The van der Waals surface area contributed by atoms with E-state index in [1.54, 1.807) is 42.5 Å². The van der Waals surface area contributed by atoms with Gasteiger partial charge in [0.25, 0.3) is 0 Å². The van der Waals surface area contributed by atoms with Gasteiger partial charge < -0.3 is 10.1 Å². The highest BCUT2D eigenvalue weighted by Gasteiger charge is 2.07. The molecule has 0 saturated heterocycles. The van der Waals surface area contributed by atoms with Crippen LogP contribution >= 0.6 is 23.2 Å². The van der Waals surface area contributed by atoms with Crippen LogP contribution in [0.5, 0.6) is 5.75 Å². The number of hydrazone groups is 1. The van der Waals surface area contributed by atoms with E-state index >= 15 is 0 Å². The van der Waals surface area contributed by atoms with Crippen molar-refractivity contribution in [1.82, 2.24) is 5.43 Å². The summed E-state index contributed by atoms with van der Waals surface area (Å²) in [4.78, 5) is 23.7. The Hall–Kier alpha value is -2.57. The molecule has 0 unspecified atom stereocenters. The predicted molar refractivity (Wildman–Crippen MR) is 108 cm³/mol. The highest BCUT2D eigenvalue weighted by Crippen LogP contribution is 2.21. The number of carbonyl (C=O) groups is 2. The molecule has 0 atom stereocenters. The van der Waals surface area contributed by atoms with Crippen LogP contribution in [0.2, 0.25) is 10.0 Å². The number of halogens is 2. The van der Waals surface area contributed by atoms with Crippen LogP contribution in [0.25, 0.3) is 0 Å². The molecule has 27 heavy (non-hydrogen) atoms. The van der Waals surface area contributed by atoms with E-state index in [0.29, 0.717) is 27.9 Å². The minimum Gasteiger partial charge on any atom is -0.494 e. The molecule has 2 aromatic rings. The van der Waals surface area contributed by atoms with Gasteiger partial charge in [-0.15, -0.1) is 0 Å². The number of nitrogens with one attached hydrogen (secondary N) is 2. The molecule has 0 aliphatic heterocycles. The number of benzene rings is 2.